The zero-order chi connectivity index (χ0) is 11.8. The molecular weight excluding hydrogens is 213 g/mol. The number of hydrogen-bond donors (Lipinski definition) is 1. The van der Waals surface area contributed by atoms with E-state index in [-0.39, 0.29) is 11.3 Å². The van der Waals surface area contributed by atoms with Crippen molar-refractivity contribution in [2.24, 2.45) is 0 Å². The molecule has 0 saturated heterocycles. The molecule has 0 unspecified atom stereocenters. The standard InChI is InChI=1S/C8H7F3N2O2/c1-4-2-7(13(14)15)5(3-6(4)12)8(9,10)11/h2-3H,12H2,1H3. The second-order valence-corrected chi connectivity index (χ2v) is 2.98. The molecule has 0 aliphatic carbocycles. The molecule has 0 amide bonds. The van der Waals surface area contributed by atoms with Gasteiger partial charge in [0.25, 0.3) is 5.69 Å². The monoisotopic (exact) mass is 220 g/mol. The molecule has 0 spiro atoms. The normalized spacial score (nSPS) is 11.5. The van der Waals surface area contributed by atoms with Crippen molar-refractivity contribution in [1.29, 1.82) is 0 Å². The SMILES string of the molecule is Cc1cc([N+](=O)[O-])c(C(F)(F)F)cc1N. The van der Waals surface area contributed by atoms with E-state index in [1.54, 1.807) is 0 Å². The van der Waals surface area contributed by atoms with E-state index in [1.807, 2.05) is 0 Å². The number of nitro benzene ring substituents is 1. The molecule has 0 fully saturated rings. The van der Waals surface area contributed by atoms with E-state index in [1.165, 1.54) is 6.92 Å². The van der Waals surface area contributed by atoms with Crippen LogP contribution in [0.15, 0.2) is 12.1 Å². The van der Waals surface area contributed by atoms with Crippen molar-refractivity contribution >= 4 is 11.4 Å². The van der Waals surface area contributed by atoms with Crippen LogP contribution in [0.1, 0.15) is 11.1 Å². The van der Waals surface area contributed by atoms with Gasteiger partial charge in [-0.1, -0.05) is 0 Å². The van der Waals surface area contributed by atoms with Crippen LogP contribution in [0.25, 0.3) is 0 Å². The van der Waals surface area contributed by atoms with E-state index in [0.717, 1.165) is 6.07 Å². The first-order valence-electron chi connectivity index (χ1n) is 3.85. The summed E-state index contributed by atoms with van der Waals surface area (Å²) in [5.41, 5.74) is 3.09. The summed E-state index contributed by atoms with van der Waals surface area (Å²) in [6.07, 6.45) is -4.77. The van der Waals surface area contributed by atoms with Gasteiger partial charge >= 0.3 is 6.18 Å². The molecule has 1 rings (SSSR count). The maximum Gasteiger partial charge on any atom is 0.423 e. The molecule has 0 radical (unpaired) electrons. The van der Waals surface area contributed by atoms with Crippen LogP contribution < -0.4 is 5.73 Å². The Morgan fingerprint density at radius 3 is 2.33 bits per heavy atom. The highest BCUT2D eigenvalue weighted by molar-refractivity contribution is 5.57. The maximum absolute atomic E-state index is 12.4. The minimum atomic E-state index is -4.77. The lowest BCUT2D eigenvalue weighted by atomic mass is 10.1. The average molecular weight is 220 g/mol. The zero-order valence-electron chi connectivity index (χ0n) is 7.63. The summed E-state index contributed by atoms with van der Waals surface area (Å²) >= 11 is 0. The molecule has 0 aliphatic heterocycles. The first kappa shape index (κ1) is 11.3. The van der Waals surface area contributed by atoms with Crippen LogP contribution >= 0.6 is 0 Å². The van der Waals surface area contributed by atoms with E-state index in [0.29, 0.717) is 6.07 Å². The molecule has 0 heterocycles. The third-order valence-corrected chi connectivity index (χ3v) is 1.89. The highest BCUT2D eigenvalue weighted by atomic mass is 19.4. The van der Waals surface area contributed by atoms with Crippen LogP contribution in [0, 0.1) is 17.0 Å². The van der Waals surface area contributed by atoms with Crippen LogP contribution in [0.4, 0.5) is 24.5 Å². The topological polar surface area (TPSA) is 69.2 Å². The van der Waals surface area contributed by atoms with Crippen LogP contribution in [0.2, 0.25) is 0 Å². The third kappa shape index (κ3) is 2.17. The van der Waals surface area contributed by atoms with Crippen molar-refractivity contribution in [1.82, 2.24) is 0 Å². The summed E-state index contributed by atoms with van der Waals surface area (Å²) in [5.74, 6) is 0. The van der Waals surface area contributed by atoms with E-state index in [2.05, 4.69) is 0 Å². The largest absolute Gasteiger partial charge is 0.423 e. The van der Waals surface area contributed by atoms with E-state index < -0.39 is 22.4 Å². The Hall–Kier alpha value is -1.79. The summed E-state index contributed by atoms with van der Waals surface area (Å²) < 4.78 is 37.1. The maximum atomic E-state index is 12.4. The number of halogens is 3. The van der Waals surface area contributed by atoms with Gasteiger partial charge in [0.2, 0.25) is 0 Å². The summed E-state index contributed by atoms with van der Waals surface area (Å²) in [4.78, 5) is 9.32. The fourth-order valence-electron chi connectivity index (χ4n) is 1.09. The van der Waals surface area contributed by atoms with Gasteiger partial charge in [-0.15, -0.1) is 0 Å². The number of nitrogen functional groups attached to an aromatic ring is 1. The summed E-state index contributed by atoms with van der Waals surface area (Å²) in [5, 5.41) is 10.4. The molecule has 7 heteroatoms. The number of nitrogens with zero attached hydrogens (tertiary/aromatic N) is 1. The molecule has 1 aromatic carbocycles. The van der Waals surface area contributed by atoms with Gasteiger partial charge in [0, 0.05) is 11.8 Å². The second-order valence-electron chi connectivity index (χ2n) is 2.98. The van der Waals surface area contributed by atoms with Crippen LogP contribution in [0.3, 0.4) is 0 Å². The fourth-order valence-corrected chi connectivity index (χ4v) is 1.09. The number of alkyl halides is 3. The van der Waals surface area contributed by atoms with E-state index >= 15 is 0 Å². The van der Waals surface area contributed by atoms with Crippen molar-refractivity contribution in [3.8, 4) is 0 Å². The van der Waals surface area contributed by atoms with Crippen LogP contribution in [-0.2, 0) is 6.18 Å². The number of hydrogen-bond acceptors (Lipinski definition) is 3. The predicted molar refractivity (Wildman–Crippen MR) is 47.2 cm³/mol. The van der Waals surface area contributed by atoms with Crippen LogP contribution in [-0.4, -0.2) is 4.92 Å². The highest BCUT2D eigenvalue weighted by Gasteiger charge is 2.38. The lowest BCUT2D eigenvalue weighted by molar-refractivity contribution is -0.388. The quantitative estimate of drug-likeness (QED) is 0.449. The Morgan fingerprint density at radius 1 is 1.40 bits per heavy atom. The lowest BCUT2D eigenvalue weighted by Gasteiger charge is -2.09. The fraction of sp³-hybridized carbons (Fsp3) is 0.250. The van der Waals surface area contributed by atoms with Crippen LogP contribution in [0.5, 0.6) is 0 Å². The van der Waals surface area contributed by atoms with Crippen molar-refractivity contribution in [2.45, 2.75) is 13.1 Å². The zero-order valence-corrected chi connectivity index (χ0v) is 7.63. The van der Waals surface area contributed by atoms with Gasteiger partial charge in [0.05, 0.1) is 4.92 Å². The Kier molecular flexibility index (Phi) is 2.57. The van der Waals surface area contributed by atoms with Gasteiger partial charge in [-0.05, 0) is 18.6 Å². The number of nitrogens with two attached hydrogens (primary N) is 1. The van der Waals surface area contributed by atoms with Gasteiger partial charge in [0.1, 0.15) is 5.56 Å². The molecule has 0 bridgehead atoms. The van der Waals surface area contributed by atoms with Gasteiger partial charge in [-0.3, -0.25) is 10.1 Å². The number of nitro groups is 1. The average Bonchev–Trinajstić information content (AvgIpc) is 2.06. The summed E-state index contributed by atoms with van der Waals surface area (Å²) in [6, 6.07) is 1.39. The second kappa shape index (κ2) is 3.41. The number of benzene rings is 1. The third-order valence-electron chi connectivity index (χ3n) is 1.89. The molecule has 0 aromatic heterocycles. The predicted octanol–water partition coefficient (Wildman–Crippen LogP) is 2.50. The van der Waals surface area contributed by atoms with E-state index in [9.17, 15) is 23.3 Å². The van der Waals surface area contributed by atoms with Gasteiger partial charge < -0.3 is 5.73 Å². The molecule has 0 saturated carbocycles. The van der Waals surface area contributed by atoms with Gasteiger partial charge in [-0.2, -0.15) is 13.2 Å². The van der Waals surface area contributed by atoms with E-state index in [4.69, 9.17) is 5.73 Å². The van der Waals surface area contributed by atoms with Crippen molar-refractivity contribution < 1.29 is 18.1 Å². The highest BCUT2D eigenvalue weighted by Crippen LogP contribution is 2.38. The molecular formula is C8H7F3N2O2. The molecule has 2 N–H and O–H groups in total. The first-order valence-corrected chi connectivity index (χ1v) is 3.85. The van der Waals surface area contributed by atoms with Gasteiger partial charge in [0.15, 0.2) is 0 Å². The summed E-state index contributed by atoms with van der Waals surface area (Å²) in [6.45, 7) is 1.41. The molecule has 1 aromatic rings. The molecule has 0 aliphatic rings. The Labute approximate surface area is 82.7 Å². The molecule has 82 valence electrons. The Balaban J connectivity index is 3.49. The van der Waals surface area contributed by atoms with Crippen molar-refractivity contribution in [3.63, 3.8) is 0 Å². The minimum Gasteiger partial charge on any atom is -0.398 e. The van der Waals surface area contributed by atoms with Crippen molar-refractivity contribution in [3.05, 3.63) is 33.4 Å². The number of aryl methyl sites for hydroxylation is 1. The van der Waals surface area contributed by atoms with Crippen molar-refractivity contribution in [2.75, 3.05) is 5.73 Å². The molecule has 0 atom stereocenters. The molecule has 15 heavy (non-hydrogen) atoms. The number of anilines is 1. The Bertz CT molecular complexity index is 415. The Morgan fingerprint density at radius 2 is 1.93 bits per heavy atom. The smallest absolute Gasteiger partial charge is 0.398 e. The lowest BCUT2D eigenvalue weighted by Crippen LogP contribution is -2.10. The van der Waals surface area contributed by atoms with Gasteiger partial charge in [-0.25, -0.2) is 0 Å². The first-order chi connectivity index (χ1) is 6.73. The number of rotatable bonds is 1. The minimum absolute atomic E-state index is 0.118. The summed E-state index contributed by atoms with van der Waals surface area (Å²) in [7, 11) is 0. The molecule has 4 nitrogen and oxygen atoms in total.